The van der Waals surface area contributed by atoms with Gasteiger partial charge in [0.15, 0.2) is 6.29 Å². The van der Waals surface area contributed by atoms with E-state index in [4.69, 9.17) is 9.47 Å². The van der Waals surface area contributed by atoms with Gasteiger partial charge in [-0.05, 0) is 33.1 Å². The van der Waals surface area contributed by atoms with Crippen molar-refractivity contribution in [3.8, 4) is 0 Å². The van der Waals surface area contributed by atoms with E-state index in [1.807, 2.05) is 13.0 Å². The molecule has 0 bridgehead atoms. The first-order chi connectivity index (χ1) is 5.70. The molecule has 1 aliphatic rings. The van der Waals surface area contributed by atoms with E-state index in [0.717, 1.165) is 25.9 Å². The molecule has 2 atom stereocenters. The second-order valence-electron chi connectivity index (χ2n) is 3.41. The standard InChI is InChI=1S/C10H18O2/c1-4-10(3)8-6-7-9(12-10)11-5-2/h4,9H,1,5-8H2,2-3H3. The van der Waals surface area contributed by atoms with Crippen molar-refractivity contribution in [2.24, 2.45) is 0 Å². The zero-order valence-electron chi connectivity index (χ0n) is 8.01. The Bertz CT molecular complexity index is 154. The molecule has 2 heteroatoms. The van der Waals surface area contributed by atoms with E-state index in [2.05, 4.69) is 13.5 Å². The lowest BCUT2D eigenvalue weighted by atomic mass is 9.96. The maximum absolute atomic E-state index is 5.72. The predicted molar refractivity (Wildman–Crippen MR) is 49.0 cm³/mol. The molecule has 70 valence electrons. The Hall–Kier alpha value is -0.340. The Kier molecular flexibility index (Phi) is 3.29. The molecule has 0 aromatic heterocycles. The Morgan fingerprint density at radius 2 is 2.50 bits per heavy atom. The summed E-state index contributed by atoms with van der Waals surface area (Å²) in [4.78, 5) is 0. The minimum atomic E-state index is -0.169. The molecule has 0 N–H and O–H groups in total. The van der Waals surface area contributed by atoms with Crippen LogP contribution in [0.4, 0.5) is 0 Å². The summed E-state index contributed by atoms with van der Waals surface area (Å²) in [5.41, 5.74) is -0.169. The fourth-order valence-corrected chi connectivity index (χ4v) is 1.49. The van der Waals surface area contributed by atoms with Gasteiger partial charge in [-0.15, -0.1) is 6.58 Å². The van der Waals surface area contributed by atoms with Crippen LogP contribution in [-0.2, 0) is 9.47 Å². The molecule has 12 heavy (non-hydrogen) atoms. The van der Waals surface area contributed by atoms with Crippen molar-refractivity contribution in [1.82, 2.24) is 0 Å². The average molecular weight is 170 g/mol. The van der Waals surface area contributed by atoms with Crippen molar-refractivity contribution < 1.29 is 9.47 Å². The van der Waals surface area contributed by atoms with E-state index in [9.17, 15) is 0 Å². The van der Waals surface area contributed by atoms with Crippen LogP contribution in [-0.4, -0.2) is 18.5 Å². The normalized spacial score (nSPS) is 36.3. The number of hydrogen-bond acceptors (Lipinski definition) is 2. The van der Waals surface area contributed by atoms with Crippen LogP contribution in [0.15, 0.2) is 12.7 Å². The Morgan fingerprint density at radius 1 is 1.75 bits per heavy atom. The van der Waals surface area contributed by atoms with Crippen molar-refractivity contribution in [1.29, 1.82) is 0 Å². The summed E-state index contributed by atoms with van der Waals surface area (Å²) in [6.45, 7) is 8.54. The van der Waals surface area contributed by atoms with E-state index in [1.165, 1.54) is 0 Å². The fourth-order valence-electron chi connectivity index (χ4n) is 1.49. The number of rotatable bonds is 3. The van der Waals surface area contributed by atoms with Crippen LogP contribution in [0.5, 0.6) is 0 Å². The molecule has 1 heterocycles. The second kappa shape index (κ2) is 4.06. The zero-order valence-corrected chi connectivity index (χ0v) is 8.01. The van der Waals surface area contributed by atoms with Gasteiger partial charge < -0.3 is 9.47 Å². The second-order valence-corrected chi connectivity index (χ2v) is 3.41. The minimum Gasteiger partial charge on any atom is -0.353 e. The maximum Gasteiger partial charge on any atom is 0.158 e. The SMILES string of the molecule is C=CC1(C)CCCC(OCC)O1. The third-order valence-electron chi connectivity index (χ3n) is 2.30. The average Bonchev–Trinajstić information content (AvgIpc) is 2.05. The zero-order chi connectivity index (χ0) is 9.03. The van der Waals surface area contributed by atoms with Crippen molar-refractivity contribution in [2.45, 2.75) is 45.0 Å². The van der Waals surface area contributed by atoms with Crippen molar-refractivity contribution in [3.05, 3.63) is 12.7 Å². The molecule has 0 aliphatic carbocycles. The quantitative estimate of drug-likeness (QED) is 0.606. The van der Waals surface area contributed by atoms with Crippen LogP contribution in [0.1, 0.15) is 33.1 Å². The highest BCUT2D eigenvalue weighted by molar-refractivity contribution is 4.95. The molecule has 1 fully saturated rings. The Morgan fingerprint density at radius 3 is 3.08 bits per heavy atom. The number of ether oxygens (including phenoxy) is 2. The fraction of sp³-hybridized carbons (Fsp3) is 0.800. The van der Waals surface area contributed by atoms with Gasteiger partial charge in [0.25, 0.3) is 0 Å². The van der Waals surface area contributed by atoms with E-state index >= 15 is 0 Å². The predicted octanol–water partition coefficient (Wildman–Crippen LogP) is 2.49. The molecule has 0 radical (unpaired) electrons. The molecule has 2 unspecified atom stereocenters. The van der Waals surface area contributed by atoms with Crippen molar-refractivity contribution in [2.75, 3.05) is 6.61 Å². The monoisotopic (exact) mass is 170 g/mol. The molecular weight excluding hydrogens is 152 g/mol. The van der Waals surface area contributed by atoms with Crippen LogP contribution < -0.4 is 0 Å². The van der Waals surface area contributed by atoms with Gasteiger partial charge in [0.2, 0.25) is 0 Å². The van der Waals surface area contributed by atoms with Crippen LogP contribution in [0, 0.1) is 0 Å². The molecular formula is C10H18O2. The minimum absolute atomic E-state index is 0.0215. The summed E-state index contributed by atoms with van der Waals surface area (Å²) in [5.74, 6) is 0. The molecule has 1 aliphatic heterocycles. The molecule has 0 aromatic rings. The molecule has 0 aromatic carbocycles. The van der Waals surface area contributed by atoms with E-state index < -0.39 is 0 Å². The molecule has 2 nitrogen and oxygen atoms in total. The topological polar surface area (TPSA) is 18.5 Å². The molecule has 0 spiro atoms. The summed E-state index contributed by atoms with van der Waals surface area (Å²) in [6.07, 6.45) is 5.08. The number of hydrogen-bond donors (Lipinski definition) is 0. The van der Waals surface area contributed by atoms with Gasteiger partial charge in [0.1, 0.15) is 0 Å². The van der Waals surface area contributed by atoms with Gasteiger partial charge in [-0.2, -0.15) is 0 Å². The van der Waals surface area contributed by atoms with E-state index in [-0.39, 0.29) is 11.9 Å². The lowest BCUT2D eigenvalue weighted by Crippen LogP contribution is -2.37. The van der Waals surface area contributed by atoms with E-state index in [1.54, 1.807) is 0 Å². The van der Waals surface area contributed by atoms with Crippen molar-refractivity contribution in [3.63, 3.8) is 0 Å². The first kappa shape index (κ1) is 9.75. The molecule has 0 amide bonds. The summed E-state index contributed by atoms with van der Waals surface area (Å²) in [5, 5.41) is 0. The molecule has 0 saturated carbocycles. The van der Waals surface area contributed by atoms with Gasteiger partial charge >= 0.3 is 0 Å². The molecule has 1 saturated heterocycles. The van der Waals surface area contributed by atoms with Gasteiger partial charge in [-0.1, -0.05) is 6.08 Å². The van der Waals surface area contributed by atoms with E-state index in [0.29, 0.717) is 0 Å². The third kappa shape index (κ3) is 2.32. The lowest BCUT2D eigenvalue weighted by Gasteiger charge is -2.36. The van der Waals surface area contributed by atoms with Gasteiger partial charge in [-0.3, -0.25) is 0 Å². The maximum atomic E-state index is 5.72. The third-order valence-corrected chi connectivity index (χ3v) is 2.30. The van der Waals surface area contributed by atoms with Gasteiger partial charge in [0, 0.05) is 6.61 Å². The highest BCUT2D eigenvalue weighted by atomic mass is 16.7. The lowest BCUT2D eigenvalue weighted by molar-refractivity contribution is -0.212. The van der Waals surface area contributed by atoms with Crippen LogP contribution in [0.2, 0.25) is 0 Å². The van der Waals surface area contributed by atoms with Gasteiger partial charge in [-0.25, -0.2) is 0 Å². The smallest absolute Gasteiger partial charge is 0.158 e. The first-order valence-corrected chi connectivity index (χ1v) is 4.63. The summed E-state index contributed by atoms with van der Waals surface area (Å²) in [7, 11) is 0. The Labute approximate surface area is 74.6 Å². The van der Waals surface area contributed by atoms with Crippen LogP contribution >= 0.6 is 0 Å². The van der Waals surface area contributed by atoms with Crippen LogP contribution in [0.3, 0.4) is 0 Å². The largest absolute Gasteiger partial charge is 0.353 e. The van der Waals surface area contributed by atoms with Crippen LogP contribution in [0.25, 0.3) is 0 Å². The summed E-state index contributed by atoms with van der Waals surface area (Å²) in [6, 6.07) is 0. The highest BCUT2D eigenvalue weighted by Crippen LogP contribution is 2.29. The first-order valence-electron chi connectivity index (χ1n) is 4.63. The summed E-state index contributed by atoms with van der Waals surface area (Å²) < 4.78 is 11.1. The van der Waals surface area contributed by atoms with Crippen molar-refractivity contribution >= 4 is 0 Å². The highest BCUT2D eigenvalue weighted by Gasteiger charge is 2.30. The van der Waals surface area contributed by atoms with Gasteiger partial charge in [0.05, 0.1) is 5.60 Å². The Balaban J connectivity index is 2.45. The molecule has 1 rings (SSSR count). The summed E-state index contributed by atoms with van der Waals surface area (Å²) >= 11 is 0.